The summed E-state index contributed by atoms with van der Waals surface area (Å²) in [7, 11) is 0. The molecule has 2 nitrogen and oxygen atoms in total. The van der Waals surface area contributed by atoms with Gasteiger partial charge in [0.15, 0.2) is 0 Å². The van der Waals surface area contributed by atoms with Crippen LogP contribution in [0.2, 0.25) is 0 Å². The predicted octanol–water partition coefficient (Wildman–Crippen LogP) is 6.27. The lowest BCUT2D eigenvalue weighted by Gasteiger charge is -2.20. The van der Waals surface area contributed by atoms with Crippen molar-refractivity contribution in [3.8, 4) is 5.75 Å². The number of rotatable bonds is 3. The molecule has 1 unspecified atom stereocenters. The standard InChI is InChI=1S/C23H17NOS/c25-20-12-11-15-6-1-2-7-16(15)22(20)23(21-10-5-13-26-21)18-14-24-19-9-4-3-8-17(18)19/h1-14,23-25H. The van der Waals surface area contributed by atoms with Gasteiger partial charge in [0.25, 0.3) is 0 Å². The number of H-pyrrole nitrogens is 1. The minimum atomic E-state index is -0.0164. The number of fused-ring (bicyclic) bond motifs is 2. The van der Waals surface area contributed by atoms with Crippen LogP contribution < -0.4 is 0 Å². The molecule has 1 atom stereocenters. The fraction of sp³-hybridized carbons (Fsp3) is 0.0435. The molecule has 5 aromatic rings. The number of aromatic nitrogens is 1. The fourth-order valence-electron chi connectivity index (χ4n) is 3.83. The Bertz CT molecular complexity index is 1200. The largest absolute Gasteiger partial charge is 0.508 e. The lowest BCUT2D eigenvalue weighted by Crippen LogP contribution is -2.02. The van der Waals surface area contributed by atoms with E-state index in [0.29, 0.717) is 5.75 Å². The van der Waals surface area contributed by atoms with Crippen LogP contribution in [0.25, 0.3) is 21.7 Å². The third kappa shape index (κ3) is 2.32. The minimum Gasteiger partial charge on any atom is -0.508 e. The number of benzene rings is 3. The molecular formula is C23H17NOS. The summed E-state index contributed by atoms with van der Waals surface area (Å²) in [5, 5.41) is 16.4. The zero-order valence-electron chi connectivity index (χ0n) is 14.0. The molecule has 126 valence electrons. The van der Waals surface area contributed by atoms with Crippen molar-refractivity contribution in [2.75, 3.05) is 0 Å². The Hall–Kier alpha value is -3.04. The molecule has 0 aliphatic rings. The Morgan fingerprint density at radius 1 is 0.808 bits per heavy atom. The highest BCUT2D eigenvalue weighted by atomic mass is 32.1. The van der Waals surface area contributed by atoms with Crippen LogP contribution in [0.3, 0.4) is 0 Å². The molecule has 0 fully saturated rings. The molecule has 2 N–H and O–H groups in total. The lowest BCUT2D eigenvalue weighted by atomic mass is 9.86. The van der Waals surface area contributed by atoms with Crippen LogP contribution >= 0.6 is 11.3 Å². The quantitative estimate of drug-likeness (QED) is 0.393. The summed E-state index contributed by atoms with van der Waals surface area (Å²) in [6, 6.07) is 24.6. The second kappa shape index (κ2) is 6.04. The van der Waals surface area contributed by atoms with Gasteiger partial charge in [-0.2, -0.15) is 0 Å². The van der Waals surface area contributed by atoms with E-state index < -0.39 is 0 Å². The molecule has 26 heavy (non-hydrogen) atoms. The van der Waals surface area contributed by atoms with E-state index in [1.54, 1.807) is 11.3 Å². The number of hydrogen-bond acceptors (Lipinski definition) is 2. The Morgan fingerprint density at radius 3 is 2.46 bits per heavy atom. The highest BCUT2D eigenvalue weighted by Crippen LogP contribution is 2.44. The third-order valence-electron chi connectivity index (χ3n) is 5.00. The number of para-hydroxylation sites is 1. The topological polar surface area (TPSA) is 36.0 Å². The summed E-state index contributed by atoms with van der Waals surface area (Å²) in [6.45, 7) is 0. The van der Waals surface area contributed by atoms with Gasteiger partial charge in [-0.1, -0.05) is 54.6 Å². The van der Waals surface area contributed by atoms with E-state index in [1.807, 2.05) is 30.3 Å². The van der Waals surface area contributed by atoms with Crippen molar-refractivity contribution in [2.24, 2.45) is 0 Å². The van der Waals surface area contributed by atoms with Gasteiger partial charge in [-0.25, -0.2) is 0 Å². The highest BCUT2D eigenvalue weighted by Gasteiger charge is 2.25. The van der Waals surface area contributed by atoms with E-state index in [4.69, 9.17) is 0 Å². The van der Waals surface area contributed by atoms with Gasteiger partial charge in [-0.15, -0.1) is 11.3 Å². The average Bonchev–Trinajstić information content (AvgIpc) is 3.35. The molecule has 0 radical (unpaired) electrons. The molecule has 2 aromatic heterocycles. The SMILES string of the molecule is Oc1ccc2ccccc2c1C(c1cccs1)c1c[nH]c2ccccc12. The third-order valence-corrected chi connectivity index (χ3v) is 5.93. The van der Waals surface area contributed by atoms with Crippen molar-refractivity contribution in [3.63, 3.8) is 0 Å². The van der Waals surface area contributed by atoms with Crippen LogP contribution in [-0.4, -0.2) is 10.1 Å². The highest BCUT2D eigenvalue weighted by molar-refractivity contribution is 7.10. The summed E-state index contributed by atoms with van der Waals surface area (Å²) < 4.78 is 0. The Balaban J connectivity index is 1.86. The normalized spacial score (nSPS) is 12.6. The number of hydrogen-bond donors (Lipinski definition) is 2. The smallest absolute Gasteiger partial charge is 0.120 e. The monoisotopic (exact) mass is 355 g/mol. The van der Waals surface area contributed by atoms with E-state index in [9.17, 15) is 5.11 Å². The molecule has 0 saturated heterocycles. The van der Waals surface area contributed by atoms with E-state index >= 15 is 0 Å². The van der Waals surface area contributed by atoms with Crippen LogP contribution in [0.4, 0.5) is 0 Å². The van der Waals surface area contributed by atoms with E-state index in [1.165, 1.54) is 15.8 Å². The number of aromatic amines is 1. The summed E-state index contributed by atoms with van der Waals surface area (Å²) >= 11 is 1.72. The first-order chi connectivity index (χ1) is 12.8. The van der Waals surface area contributed by atoms with Crippen molar-refractivity contribution >= 4 is 33.0 Å². The predicted molar refractivity (Wildman–Crippen MR) is 109 cm³/mol. The summed E-state index contributed by atoms with van der Waals surface area (Å²) in [5.74, 6) is 0.324. The van der Waals surface area contributed by atoms with E-state index in [2.05, 4.69) is 59.0 Å². The van der Waals surface area contributed by atoms with Crippen LogP contribution in [0.5, 0.6) is 5.75 Å². The number of nitrogens with one attached hydrogen (secondary N) is 1. The molecule has 3 aromatic carbocycles. The van der Waals surface area contributed by atoms with Gasteiger partial charge in [0.2, 0.25) is 0 Å². The molecule has 2 heterocycles. The maximum Gasteiger partial charge on any atom is 0.120 e. The van der Waals surface area contributed by atoms with Crippen LogP contribution in [0, 0.1) is 0 Å². The van der Waals surface area contributed by atoms with Crippen molar-refractivity contribution in [1.29, 1.82) is 0 Å². The maximum absolute atomic E-state index is 10.8. The van der Waals surface area contributed by atoms with Gasteiger partial charge in [0.1, 0.15) is 5.75 Å². The fourth-order valence-corrected chi connectivity index (χ4v) is 4.68. The molecule has 0 saturated carbocycles. The lowest BCUT2D eigenvalue weighted by molar-refractivity contribution is 0.469. The molecule has 0 spiro atoms. The number of phenolic OH excluding ortho intramolecular Hbond substituents is 1. The van der Waals surface area contributed by atoms with Gasteiger partial charge in [-0.05, 0) is 39.9 Å². The van der Waals surface area contributed by atoms with E-state index in [-0.39, 0.29) is 5.92 Å². The number of thiophene rings is 1. The van der Waals surface area contributed by atoms with Crippen molar-refractivity contribution in [3.05, 3.63) is 100 Å². The van der Waals surface area contributed by atoms with Crippen molar-refractivity contribution in [2.45, 2.75) is 5.92 Å². The molecule has 3 heteroatoms. The number of aromatic hydroxyl groups is 1. The summed E-state index contributed by atoms with van der Waals surface area (Å²) in [6.07, 6.45) is 2.08. The van der Waals surface area contributed by atoms with Crippen LogP contribution in [0.15, 0.2) is 84.4 Å². The molecule has 0 aliphatic heterocycles. The first-order valence-corrected chi connectivity index (χ1v) is 9.51. The zero-order chi connectivity index (χ0) is 17.5. The second-order valence-electron chi connectivity index (χ2n) is 6.46. The minimum absolute atomic E-state index is 0.0164. The maximum atomic E-state index is 10.8. The first kappa shape index (κ1) is 15.2. The van der Waals surface area contributed by atoms with Gasteiger partial charge < -0.3 is 10.1 Å². The average molecular weight is 355 g/mol. The molecular weight excluding hydrogens is 338 g/mol. The van der Waals surface area contributed by atoms with E-state index in [0.717, 1.165) is 21.9 Å². The zero-order valence-corrected chi connectivity index (χ0v) is 14.8. The Kier molecular flexibility index (Phi) is 3.54. The second-order valence-corrected chi connectivity index (χ2v) is 7.44. The van der Waals surface area contributed by atoms with Crippen molar-refractivity contribution < 1.29 is 5.11 Å². The Labute approximate surface area is 155 Å². The van der Waals surface area contributed by atoms with Gasteiger partial charge in [0.05, 0.1) is 0 Å². The molecule has 0 bridgehead atoms. The molecule has 0 aliphatic carbocycles. The summed E-state index contributed by atoms with van der Waals surface area (Å²) in [4.78, 5) is 4.61. The van der Waals surface area contributed by atoms with Gasteiger partial charge in [-0.3, -0.25) is 0 Å². The number of phenols is 1. The Morgan fingerprint density at radius 2 is 1.62 bits per heavy atom. The van der Waals surface area contributed by atoms with Crippen LogP contribution in [-0.2, 0) is 0 Å². The van der Waals surface area contributed by atoms with Gasteiger partial charge >= 0.3 is 0 Å². The van der Waals surface area contributed by atoms with Crippen molar-refractivity contribution in [1.82, 2.24) is 4.98 Å². The van der Waals surface area contributed by atoms with Gasteiger partial charge in [0, 0.05) is 33.5 Å². The van der Waals surface area contributed by atoms with Crippen LogP contribution in [0.1, 0.15) is 21.9 Å². The summed E-state index contributed by atoms with van der Waals surface area (Å²) in [5.41, 5.74) is 3.27. The molecule has 0 amide bonds. The molecule has 5 rings (SSSR count). The first-order valence-electron chi connectivity index (χ1n) is 8.63.